The molecule has 1 nitrogen and oxygen atoms in total. The molecule has 0 amide bonds. The molecule has 19 heavy (non-hydrogen) atoms. The van der Waals surface area contributed by atoms with Crippen LogP contribution in [-0.4, -0.2) is 5.78 Å². The van der Waals surface area contributed by atoms with Crippen molar-refractivity contribution in [3.63, 3.8) is 0 Å². The first-order valence-corrected chi connectivity index (χ1v) is 7.89. The number of carbonyl (C=O) groups excluding carboxylic acids is 1. The van der Waals surface area contributed by atoms with Gasteiger partial charge in [-0.25, -0.2) is 0 Å². The van der Waals surface area contributed by atoms with E-state index in [-0.39, 0.29) is 5.92 Å². The van der Waals surface area contributed by atoms with Crippen molar-refractivity contribution in [1.29, 1.82) is 0 Å². The van der Waals surface area contributed by atoms with Crippen LogP contribution in [0.5, 0.6) is 0 Å². The van der Waals surface area contributed by atoms with Gasteiger partial charge in [0.25, 0.3) is 0 Å². The number of hydrogen-bond donors (Lipinski definition) is 0. The van der Waals surface area contributed by atoms with E-state index >= 15 is 0 Å². The Bertz CT molecular complexity index is 390. The van der Waals surface area contributed by atoms with E-state index in [9.17, 15) is 4.79 Å². The summed E-state index contributed by atoms with van der Waals surface area (Å²) in [5, 5.41) is 0. The summed E-state index contributed by atoms with van der Waals surface area (Å²) in [4.78, 5) is 12.8. The number of Topliss-reactive ketones (excluding diaryl/α,β-unsaturated/α-hetero) is 1. The van der Waals surface area contributed by atoms with Gasteiger partial charge in [-0.05, 0) is 68.8 Å². The molecule has 0 spiro atoms. The second-order valence-corrected chi connectivity index (χ2v) is 6.84. The summed E-state index contributed by atoms with van der Waals surface area (Å²) >= 11 is 0. The third-order valence-corrected chi connectivity index (χ3v) is 5.20. The Kier molecular flexibility index (Phi) is 4.65. The summed E-state index contributed by atoms with van der Waals surface area (Å²) in [6.07, 6.45) is 9.02. The highest BCUT2D eigenvalue weighted by Crippen LogP contribution is 2.42. The lowest BCUT2D eigenvalue weighted by atomic mass is 9.81. The third kappa shape index (κ3) is 3.19. The predicted octanol–water partition coefficient (Wildman–Crippen LogP) is 4.93. The van der Waals surface area contributed by atoms with Gasteiger partial charge in [0.2, 0.25) is 0 Å². The number of ketones is 1. The van der Waals surface area contributed by atoms with Gasteiger partial charge in [0.15, 0.2) is 5.78 Å². The smallest absolute Gasteiger partial charge is 0.162 e. The molecule has 2 rings (SSSR count). The molecule has 0 aromatic rings. The molecule has 4 atom stereocenters. The first-order chi connectivity index (χ1) is 9.00. The largest absolute Gasteiger partial charge is 0.294 e. The molecule has 0 radical (unpaired) electrons. The van der Waals surface area contributed by atoms with E-state index in [1.54, 1.807) is 0 Å². The molecule has 0 aromatic carbocycles. The first-order valence-electron chi connectivity index (χ1n) is 7.89. The van der Waals surface area contributed by atoms with E-state index in [0.717, 1.165) is 25.7 Å². The molecule has 1 saturated carbocycles. The van der Waals surface area contributed by atoms with Gasteiger partial charge in [-0.3, -0.25) is 4.79 Å². The van der Waals surface area contributed by atoms with Gasteiger partial charge in [-0.2, -0.15) is 0 Å². The van der Waals surface area contributed by atoms with E-state index in [0.29, 0.717) is 23.5 Å². The van der Waals surface area contributed by atoms with E-state index in [1.165, 1.54) is 24.0 Å². The molecule has 2 aliphatic rings. The molecule has 1 fully saturated rings. The standard InChI is InChI=1S/C18H28O/c1-12(2)8-9-14(4)16-11-10-13(3)15-6-5-7-17(15)18(16)19/h7,13-16H,1,5-6,8-11H2,2-4H3/t13-,14+,15+,16+/m1/s1. The van der Waals surface area contributed by atoms with Crippen molar-refractivity contribution in [3.8, 4) is 0 Å². The minimum absolute atomic E-state index is 0.260. The Morgan fingerprint density at radius 3 is 2.84 bits per heavy atom. The molecule has 106 valence electrons. The molecule has 0 aromatic heterocycles. The zero-order valence-corrected chi connectivity index (χ0v) is 12.7. The molecule has 0 aliphatic heterocycles. The van der Waals surface area contributed by atoms with Crippen LogP contribution >= 0.6 is 0 Å². The van der Waals surface area contributed by atoms with Crippen molar-refractivity contribution in [3.05, 3.63) is 23.8 Å². The van der Waals surface area contributed by atoms with Crippen LogP contribution in [0.25, 0.3) is 0 Å². The van der Waals surface area contributed by atoms with Crippen molar-refractivity contribution in [2.75, 3.05) is 0 Å². The van der Waals surface area contributed by atoms with Gasteiger partial charge >= 0.3 is 0 Å². The quantitative estimate of drug-likeness (QED) is 0.655. The van der Waals surface area contributed by atoms with Crippen LogP contribution in [0.2, 0.25) is 0 Å². The van der Waals surface area contributed by atoms with E-state index < -0.39 is 0 Å². The summed E-state index contributed by atoms with van der Waals surface area (Å²) in [7, 11) is 0. The molecule has 0 N–H and O–H groups in total. The fraction of sp³-hybridized carbons (Fsp3) is 0.722. The van der Waals surface area contributed by atoms with Crippen LogP contribution in [0.1, 0.15) is 59.3 Å². The molecule has 1 heteroatoms. The lowest BCUT2D eigenvalue weighted by Crippen LogP contribution is -2.23. The Morgan fingerprint density at radius 1 is 1.42 bits per heavy atom. The molecular formula is C18H28O. The second-order valence-electron chi connectivity index (χ2n) is 6.84. The zero-order valence-electron chi connectivity index (χ0n) is 12.7. The monoisotopic (exact) mass is 260 g/mol. The first kappa shape index (κ1) is 14.6. The Labute approximate surface area is 118 Å². The van der Waals surface area contributed by atoms with Gasteiger partial charge < -0.3 is 0 Å². The summed E-state index contributed by atoms with van der Waals surface area (Å²) in [5.74, 6) is 2.48. The predicted molar refractivity (Wildman–Crippen MR) is 80.9 cm³/mol. The van der Waals surface area contributed by atoms with Crippen LogP contribution in [0.3, 0.4) is 0 Å². The third-order valence-electron chi connectivity index (χ3n) is 5.20. The van der Waals surface area contributed by atoms with E-state index in [1.807, 2.05) is 0 Å². The van der Waals surface area contributed by atoms with Gasteiger partial charge in [0, 0.05) is 5.92 Å². The molecule has 0 saturated heterocycles. The van der Waals surface area contributed by atoms with E-state index in [4.69, 9.17) is 0 Å². The lowest BCUT2D eigenvalue weighted by Gasteiger charge is -2.22. The average molecular weight is 260 g/mol. The van der Waals surface area contributed by atoms with Gasteiger partial charge in [-0.15, -0.1) is 6.58 Å². The van der Waals surface area contributed by atoms with Crippen molar-refractivity contribution in [2.45, 2.75) is 59.3 Å². The Morgan fingerprint density at radius 2 is 2.16 bits per heavy atom. The summed E-state index contributed by atoms with van der Waals surface area (Å²) in [5.41, 5.74) is 2.41. The maximum Gasteiger partial charge on any atom is 0.162 e. The number of carbonyl (C=O) groups is 1. The zero-order chi connectivity index (χ0) is 14.0. The Balaban J connectivity index is 2.08. The molecule has 2 aliphatic carbocycles. The van der Waals surface area contributed by atoms with Gasteiger partial charge in [0.1, 0.15) is 0 Å². The van der Waals surface area contributed by atoms with Crippen LogP contribution < -0.4 is 0 Å². The van der Waals surface area contributed by atoms with Gasteiger partial charge in [-0.1, -0.05) is 25.5 Å². The number of hydrogen-bond acceptors (Lipinski definition) is 1. The van der Waals surface area contributed by atoms with Crippen molar-refractivity contribution in [2.24, 2.45) is 23.7 Å². The maximum atomic E-state index is 12.8. The number of allylic oxidation sites excluding steroid dienone is 3. The summed E-state index contributed by atoms with van der Waals surface area (Å²) < 4.78 is 0. The second kappa shape index (κ2) is 6.07. The van der Waals surface area contributed by atoms with E-state index in [2.05, 4.69) is 33.4 Å². The van der Waals surface area contributed by atoms with Gasteiger partial charge in [0.05, 0.1) is 0 Å². The summed E-state index contributed by atoms with van der Waals surface area (Å²) in [6.45, 7) is 10.6. The Hall–Kier alpha value is -0.850. The SMILES string of the molecule is C=C(C)CC[C@H](C)[C@@H]1CC[C@@H](C)[C@@H]2CCC=C2C1=O. The highest BCUT2D eigenvalue weighted by molar-refractivity contribution is 5.98. The highest BCUT2D eigenvalue weighted by Gasteiger charge is 2.38. The van der Waals surface area contributed by atoms with Crippen molar-refractivity contribution in [1.82, 2.24) is 0 Å². The minimum atomic E-state index is 0.260. The fourth-order valence-electron chi connectivity index (χ4n) is 3.81. The molecule has 0 heterocycles. The number of rotatable bonds is 4. The fourth-order valence-corrected chi connectivity index (χ4v) is 3.81. The topological polar surface area (TPSA) is 17.1 Å². The minimum Gasteiger partial charge on any atom is -0.294 e. The highest BCUT2D eigenvalue weighted by atomic mass is 16.1. The van der Waals surface area contributed by atoms with Crippen LogP contribution in [0, 0.1) is 23.7 Å². The lowest BCUT2D eigenvalue weighted by molar-refractivity contribution is -0.121. The van der Waals surface area contributed by atoms with Crippen LogP contribution in [-0.2, 0) is 4.79 Å². The molecule has 0 unspecified atom stereocenters. The number of fused-ring (bicyclic) bond motifs is 1. The summed E-state index contributed by atoms with van der Waals surface area (Å²) in [6, 6.07) is 0. The normalized spacial score (nSPS) is 32.5. The van der Waals surface area contributed by atoms with Crippen molar-refractivity contribution >= 4 is 5.78 Å². The van der Waals surface area contributed by atoms with Crippen molar-refractivity contribution < 1.29 is 4.79 Å². The van der Waals surface area contributed by atoms with Crippen LogP contribution in [0.4, 0.5) is 0 Å². The molecular weight excluding hydrogens is 232 g/mol. The average Bonchev–Trinajstić information content (AvgIpc) is 2.81. The maximum absolute atomic E-state index is 12.8. The molecule has 0 bridgehead atoms. The van der Waals surface area contributed by atoms with Crippen LogP contribution in [0.15, 0.2) is 23.8 Å².